The molecular weight excluding hydrogens is 292 g/mol. The first-order chi connectivity index (χ1) is 11.1. The molecule has 0 radical (unpaired) electrons. The Morgan fingerprint density at radius 2 is 2.13 bits per heavy atom. The van der Waals surface area contributed by atoms with E-state index in [2.05, 4.69) is 17.3 Å². The first-order valence-corrected chi connectivity index (χ1v) is 8.86. The van der Waals surface area contributed by atoms with Gasteiger partial charge in [0.2, 0.25) is 0 Å². The van der Waals surface area contributed by atoms with E-state index in [1.807, 2.05) is 22.6 Å². The zero-order chi connectivity index (χ0) is 16.0. The number of aromatic nitrogens is 2. The van der Waals surface area contributed by atoms with Gasteiger partial charge in [-0.1, -0.05) is 0 Å². The van der Waals surface area contributed by atoms with Crippen molar-refractivity contribution >= 4 is 11.8 Å². The molecule has 1 saturated heterocycles. The maximum atomic E-state index is 12.7. The van der Waals surface area contributed by atoms with Gasteiger partial charge in [-0.15, -0.1) is 0 Å². The Kier molecular flexibility index (Phi) is 3.79. The molecule has 4 rings (SSSR count). The van der Waals surface area contributed by atoms with Gasteiger partial charge >= 0.3 is 6.03 Å². The van der Waals surface area contributed by atoms with Gasteiger partial charge in [-0.25, -0.2) is 9.48 Å². The molecule has 0 aromatic carbocycles. The number of hydrogen-bond acceptors (Lipinski definition) is 3. The van der Waals surface area contributed by atoms with Crippen molar-refractivity contribution < 1.29 is 9.53 Å². The number of morpholine rings is 1. The number of carbonyl (C=O) groups is 1. The zero-order valence-electron chi connectivity index (χ0n) is 13.9. The first-order valence-electron chi connectivity index (χ1n) is 8.86. The summed E-state index contributed by atoms with van der Waals surface area (Å²) in [7, 11) is 0. The molecule has 1 aromatic heterocycles. The van der Waals surface area contributed by atoms with Crippen LogP contribution < -0.4 is 5.32 Å². The molecule has 2 amide bonds. The summed E-state index contributed by atoms with van der Waals surface area (Å²) >= 11 is 0. The lowest BCUT2D eigenvalue weighted by Crippen LogP contribution is -2.51. The molecule has 126 valence electrons. The fraction of sp³-hybridized carbons (Fsp3) is 0.765. The summed E-state index contributed by atoms with van der Waals surface area (Å²) < 4.78 is 7.94. The largest absolute Gasteiger partial charge is 0.371 e. The van der Waals surface area contributed by atoms with Gasteiger partial charge in [-0.05, 0) is 51.4 Å². The Morgan fingerprint density at radius 1 is 1.35 bits per heavy atom. The molecule has 6 heteroatoms. The van der Waals surface area contributed by atoms with Crippen LogP contribution in [0.25, 0.3) is 0 Å². The summed E-state index contributed by atoms with van der Waals surface area (Å²) in [5, 5.41) is 7.46. The van der Waals surface area contributed by atoms with Crippen LogP contribution in [0.4, 0.5) is 10.6 Å². The molecule has 2 heterocycles. The van der Waals surface area contributed by atoms with E-state index < -0.39 is 0 Å². The van der Waals surface area contributed by atoms with Crippen LogP contribution in [0.5, 0.6) is 0 Å². The van der Waals surface area contributed by atoms with Crippen molar-refractivity contribution in [2.24, 2.45) is 11.8 Å². The van der Waals surface area contributed by atoms with Crippen LogP contribution >= 0.6 is 0 Å². The average Bonchev–Trinajstić information content (AvgIpc) is 3.43. The molecule has 3 unspecified atom stereocenters. The van der Waals surface area contributed by atoms with Gasteiger partial charge in [0, 0.05) is 19.2 Å². The van der Waals surface area contributed by atoms with Gasteiger partial charge in [0.15, 0.2) is 0 Å². The molecule has 2 saturated carbocycles. The third kappa shape index (κ3) is 3.22. The quantitative estimate of drug-likeness (QED) is 0.928. The number of nitrogens with one attached hydrogen (secondary N) is 1. The Bertz CT molecular complexity index is 579. The second kappa shape index (κ2) is 5.82. The highest BCUT2D eigenvalue weighted by atomic mass is 16.5. The minimum absolute atomic E-state index is 0.0319. The third-order valence-electron chi connectivity index (χ3n) is 5.32. The van der Waals surface area contributed by atoms with Gasteiger partial charge in [-0.2, -0.15) is 5.10 Å². The molecule has 0 bridgehead atoms. The minimum atomic E-state index is -0.0319. The van der Waals surface area contributed by atoms with E-state index >= 15 is 0 Å². The molecule has 23 heavy (non-hydrogen) atoms. The van der Waals surface area contributed by atoms with Gasteiger partial charge in [0.1, 0.15) is 5.82 Å². The number of rotatable bonds is 4. The van der Waals surface area contributed by atoms with E-state index in [0.29, 0.717) is 31.0 Å². The standard InChI is InChI=1S/C17H26N4O2/c1-11-9-20(10-15(23-11)14-5-6-14)17(22)19-16-7-8-18-21(16)12(2)13-3-4-13/h7-8,11-15H,3-6,9-10H2,1-2H3,(H,19,22). The van der Waals surface area contributed by atoms with Crippen LogP contribution in [0, 0.1) is 11.8 Å². The Hall–Kier alpha value is -1.56. The van der Waals surface area contributed by atoms with Crippen molar-refractivity contribution in [3.05, 3.63) is 12.3 Å². The summed E-state index contributed by atoms with van der Waals surface area (Å²) in [6.45, 7) is 5.59. The maximum Gasteiger partial charge on any atom is 0.323 e. The first kappa shape index (κ1) is 15.0. The number of hydrogen-bond donors (Lipinski definition) is 1. The summed E-state index contributed by atoms with van der Waals surface area (Å²) in [5.74, 6) is 2.15. The van der Waals surface area contributed by atoms with Crippen LogP contribution in [0.15, 0.2) is 12.3 Å². The lowest BCUT2D eigenvalue weighted by molar-refractivity contribution is -0.0718. The number of carbonyl (C=O) groups excluding carboxylic acids is 1. The Morgan fingerprint density at radius 3 is 2.83 bits per heavy atom. The van der Waals surface area contributed by atoms with Gasteiger partial charge < -0.3 is 9.64 Å². The Balaban J connectivity index is 1.42. The minimum Gasteiger partial charge on any atom is -0.371 e. The van der Waals surface area contributed by atoms with E-state index in [9.17, 15) is 4.79 Å². The SMILES string of the molecule is CC1CN(C(=O)Nc2ccnn2C(C)C2CC2)CC(C2CC2)O1. The molecule has 1 aliphatic heterocycles. The average molecular weight is 318 g/mol. The second-order valence-corrected chi connectivity index (χ2v) is 7.40. The van der Waals surface area contributed by atoms with Crippen molar-refractivity contribution in [1.29, 1.82) is 0 Å². The molecule has 1 N–H and O–H groups in total. The van der Waals surface area contributed by atoms with Crippen molar-refractivity contribution in [2.45, 2.75) is 57.8 Å². The molecular formula is C17H26N4O2. The summed E-state index contributed by atoms with van der Waals surface area (Å²) in [6.07, 6.45) is 7.08. The van der Waals surface area contributed by atoms with Crippen LogP contribution in [0.1, 0.15) is 45.6 Å². The smallest absolute Gasteiger partial charge is 0.323 e. The number of nitrogens with zero attached hydrogens (tertiary/aromatic N) is 3. The number of ether oxygens (including phenoxy) is 1. The molecule has 0 spiro atoms. The summed E-state index contributed by atoms with van der Waals surface area (Å²) in [4.78, 5) is 14.6. The lowest BCUT2D eigenvalue weighted by Gasteiger charge is -2.37. The second-order valence-electron chi connectivity index (χ2n) is 7.40. The fourth-order valence-electron chi connectivity index (χ4n) is 3.59. The molecule has 1 aromatic rings. The van der Waals surface area contributed by atoms with E-state index in [0.717, 1.165) is 5.82 Å². The number of urea groups is 1. The summed E-state index contributed by atoms with van der Waals surface area (Å²) in [6, 6.07) is 2.21. The van der Waals surface area contributed by atoms with Crippen molar-refractivity contribution in [1.82, 2.24) is 14.7 Å². The van der Waals surface area contributed by atoms with Crippen LogP contribution in [-0.4, -0.2) is 46.0 Å². The lowest BCUT2D eigenvalue weighted by atomic mass is 10.1. The zero-order valence-corrected chi connectivity index (χ0v) is 13.9. The van der Waals surface area contributed by atoms with E-state index in [1.54, 1.807) is 6.20 Å². The highest BCUT2D eigenvalue weighted by Gasteiger charge is 2.39. The fourth-order valence-corrected chi connectivity index (χ4v) is 3.59. The number of amides is 2. The topological polar surface area (TPSA) is 59.4 Å². The summed E-state index contributed by atoms with van der Waals surface area (Å²) in [5.41, 5.74) is 0. The van der Waals surface area contributed by atoms with Crippen LogP contribution in [0.3, 0.4) is 0 Å². The molecule has 3 fully saturated rings. The van der Waals surface area contributed by atoms with Gasteiger partial charge in [0.25, 0.3) is 0 Å². The molecule has 6 nitrogen and oxygen atoms in total. The van der Waals surface area contributed by atoms with E-state index in [4.69, 9.17) is 4.74 Å². The molecule has 3 aliphatic rings. The van der Waals surface area contributed by atoms with Crippen LogP contribution in [0.2, 0.25) is 0 Å². The highest BCUT2D eigenvalue weighted by molar-refractivity contribution is 5.88. The highest BCUT2D eigenvalue weighted by Crippen LogP contribution is 2.40. The number of anilines is 1. The monoisotopic (exact) mass is 318 g/mol. The maximum absolute atomic E-state index is 12.7. The van der Waals surface area contributed by atoms with Crippen molar-refractivity contribution in [2.75, 3.05) is 18.4 Å². The van der Waals surface area contributed by atoms with E-state index in [1.165, 1.54) is 25.7 Å². The van der Waals surface area contributed by atoms with Crippen LogP contribution in [-0.2, 0) is 4.74 Å². The molecule has 2 aliphatic carbocycles. The third-order valence-corrected chi connectivity index (χ3v) is 5.32. The van der Waals surface area contributed by atoms with Crippen molar-refractivity contribution in [3.8, 4) is 0 Å². The van der Waals surface area contributed by atoms with E-state index in [-0.39, 0.29) is 18.2 Å². The van der Waals surface area contributed by atoms with Crippen molar-refractivity contribution in [3.63, 3.8) is 0 Å². The van der Waals surface area contributed by atoms with Gasteiger partial charge in [0.05, 0.1) is 24.4 Å². The predicted octanol–water partition coefficient (Wildman–Crippen LogP) is 2.89. The van der Waals surface area contributed by atoms with Gasteiger partial charge in [-0.3, -0.25) is 5.32 Å². The normalized spacial score (nSPS) is 29.4. The molecule has 3 atom stereocenters. The predicted molar refractivity (Wildman–Crippen MR) is 87.3 cm³/mol. The Labute approximate surface area is 137 Å².